The summed E-state index contributed by atoms with van der Waals surface area (Å²) in [6, 6.07) is 10.4. The van der Waals surface area contributed by atoms with Crippen molar-refractivity contribution in [1.29, 1.82) is 0 Å². The zero-order chi connectivity index (χ0) is 16.4. The molecule has 1 aromatic heterocycles. The van der Waals surface area contributed by atoms with Gasteiger partial charge in [0.15, 0.2) is 0 Å². The molecule has 0 atom stereocenters. The summed E-state index contributed by atoms with van der Waals surface area (Å²) >= 11 is 1.80. The Kier molecular flexibility index (Phi) is 4.54. The van der Waals surface area contributed by atoms with Crippen LogP contribution >= 0.6 is 11.3 Å². The highest BCUT2D eigenvalue weighted by atomic mass is 32.1. The molecule has 0 unspecified atom stereocenters. The number of hydrogen-bond acceptors (Lipinski definition) is 4. The zero-order valence-electron chi connectivity index (χ0n) is 13.7. The lowest BCUT2D eigenvalue weighted by molar-refractivity contribution is -0.132. The first kappa shape index (κ1) is 15.7. The van der Waals surface area contributed by atoms with Gasteiger partial charge in [-0.1, -0.05) is 18.2 Å². The molecule has 2 aromatic rings. The Hall–Kier alpha value is -1.85. The van der Waals surface area contributed by atoms with Crippen molar-refractivity contribution in [3.8, 4) is 5.75 Å². The molecule has 0 N–H and O–H groups in total. The molecule has 3 heterocycles. The summed E-state index contributed by atoms with van der Waals surface area (Å²) in [5.74, 6) is 1.22. The number of hydrogen-bond donors (Lipinski definition) is 0. The van der Waals surface area contributed by atoms with Crippen LogP contribution in [0.1, 0.15) is 16.0 Å². The van der Waals surface area contributed by atoms with Gasteiger partial charge in [0, 0.05) is 44.0 Å². The molecule has 4 rings (SSSR count). The molecule has 126 valence electrons. The maximum atomic E-state index is 12.6. The van der Waals surface area contributed by atoms with Crippen molar-refractivity contribution >= 4 is 17.2 Å². The number of ether oxygens (including phenoxy) is 1. The second kappa shape index (κ2) is 6.95. The normalized spacial score (nSPS) is 17.6. The van der Waals surface area contributed by atoms with Crippen LogP contribution in [0.2, 0.25) is 0 Å². The predicted molar refractivity (Wildman–Crippen MR) is 95.5 cm³/mol. The smallest absolute Gasteiger partial charge is 0.227 e. The highest BCUT2D eigenvalue weighted by Gasteiger charge is 2.22. The molecule has 1 saturated heterocycles. The summed E-state index contributed by atoms with van der Waals surface area (Å²) < 4.78 is 5.53. The van der Waals surface area contributed by atoms with Crippen molar-refractivity contribution < 1.29 is 9.53 Å². The van der Waals surface area contributed by atoms with Crippen LogP contribution in [0.3, 0.4) is 0 Å². The highest BCUT2D eigenvalue weighted by Crippen LogP contribution is 2.26. The van der Waals surface area contributed by atoms with Gasteiger partial charge >= 0.3 is 0 Å². The topological polar surface area (TPSA) is 32.8 Å². The fraction of sp³-hybridized carbons (Fsp3) is 0.421. The number of amides is 1. The van der Waals surface area contributed by atoms with Crippen molar-refractivity contribution in [2.75, 3.05) is 32.8 Å². The van der Waals surface area contributed by atoms with E-state index in [-0.39, 0.29) is 5.91 Å². The van der Waals surface area contributed by atoms with Crippen molar-refractivity contribution in [2.24, 2.45) is 0 Å². The number of piperazine rings is 1. The van der Waals surface area contributed by atoms with Crippen LogP contribution in [0.4, 0.5) is 0 Å². The summed E-state index contributed by atoms with van der Waals surface area (Å²) in [7, 11) is 0. The minimum absolute atomic E-state index is 0.240. The number of thiophene rings is 1. The lowest BCUT2D eigenvalue weighted by Gasteiger charge is -2.34. The van der Waals surface area contributed by atoms with Gasteiger partial charge in [0.05, 0.1) is 13.0 Å². The average molecular weight is 342 g/mol. The van der Waals surface area contributed by atoms with Crippen molar-refractivity contribution in [3.05, 3.63) is 51.7 Å². The summed E-state index contributed by atoms with van der Waals surface area (Å²) in [5.41, 5.74) is 2.34. The molecule has 2 aliphatic heterocycles. The average Bonchev–Trinajstić information content (AvgIpc) is 3.26. The molecule has 0 radical (unpaired) electrons. The molecule has 0 bridgehead atoms. The lowest BCUT2D eigenvalue weighted by Crippen LogP contribution is -2.48. The number of carbonyl (C=O) groups excluding carboxylic acids is 1. The van der Waals surface area contributed by atoms with Crippen LogP contribution in [0.25, 0.3) is 0 Å². The van der Waals surface area contributed by atoms with Gasteiger partial charge < -0.3 is 9.64 Å². The van der Waals surface area contributed by atoms with Crippen LogP contribution in [0.5, 0.6) is 5.75 Å². The Morgan fingerprint density at radius 1 is 1.17 bits per heavy atom. The van der Waals surface area contributed by atoms with Gasteiger partial charge in [0.25, 0.3) is 0 Å². The molecule has 0 saturated carbocycles. The second-order valence-electron chi connectivity index (χ2n) is 6.45. The summed E-state index contributed by atoms with van der Waals surface area (Å²) in [6.07, 6.45) is 1.46. The van der Waals surface area contributed by atoms with Gasteiger partial charge in [0.1, 0.15) is 5.75 Å². The molecule has 1 aromatic carbocycles. The Labute approximate surface area is 146 Å². The van der Waals surface area contributed by atoms with E-state index in [2.05, 4.69) is 28.5 Å². The highest BCUT2D eigenvalue weighted by molar-refractivity contribution is 7.09. The number of carbonyl (C=O) groups is 1. The Morgan fingerprint density at radius 2 is 2.04 bits per heavy atom. The minimum atomic E-state index is 0.240. The predicted octanol–water partition coefficient (Wildman–Crippen LogP) is 2.57. The van der Waals surface area contributed by atoms with E-state index in [9.17, 15) is 4.79 Å². The van der Waals surface area contributed by atoms with Crippen LogP contribution in [-0.4, -0.2) is 48.5 Å². The van der Waals surface area contributed by atoms with Gasteiger partial charge in [-0.15, -0.1) is 11.3 Å². The van der Waals surface area contributed by atoms with Crippen LogP contribution < -0.4 is 4.74 Å². The molecule has 5 heteroatoms. The summed E-state index contributed by atoms with van der Waals surface area (Å²) in [4.78, 5) is 18.4. The molecule has 1 amide bonds. The van der Waals surface area contributed by atoms with Crippen LogP contribution in [-0.2, 0) is 24.2 Å². The third-order valence-electron chi connectivity index (χ3n) is 4.79. The van der Waals surface area contributed by atoms with Gasteiger partial charge in [-0.3, -0.25) is 9.69 Å². The van der Waals surface area contributed by atoms with E-state index in [1.54, 1.807) is 11.3 Å². The van der Waals surface area contributed by atoms with Gasteiger partial charge in [-0.05, 0) is 28.6 Å². The number of fused-ring (bicyclic) bond motifs is 1. The van der Waals surface area contributed by atoms with E-state index < -0.39 is 0 Å². The van der Waals surface area contributed by atoms with Crippen LogP contribution in [0.15, 0.2) is 35.7 Å². The quantitative estimate of drug-likeness (QED) is 0.856. The fourth-order valence-electron chi connectivity index (χ4n) is 3.41. The Morgan fingerprint density at radius 3 is 2.83 bits per heavy atom. The first-order valence-corrected chi connectivity index (χ1v) is 9.43. The van der Waals surface area contributed by atoms with E-state index >= 15 is 0 Å². The van der Waals surface area contributed by atoms with Gasteiger partial charge in [-0.2, -0.15) is 0 Å². The first-order chi connectivity index (χ1) is 11.8. The molecular formula is C19H22N2O2S. The van der Waals surface area contributed by atoms with Crippen molar-refractivity contribution in [3.63, 3.8) is 0 Å². The van der Waals surface area contributed by atoms with Gasteiger partial charge in [-0.25, -0.2) is 0 Å². The largest absolute Gasteiger partial charge is 0.493 e. The SMILES string of the molecule is O=C(Cc1ccc2c(c1)CCO2)N1CCN(Cc2cccs2)CC1. The summed E-state index contributed by atoms with van der Waals surface area (Å²) in [5, 5.41) is 2.12. The number of rotatable bonds is 4. The van der Waals surface area contributed by atoms with E-state index in [0.29, 0.717) is 6.42 Å². The third kappa shape index (κ3) is 3.47. The van der Waals surface area contributed by atoms with E-state index in [0.717, 1.165) is 57.1 Å². The van der Waals surface area contributed by atoms with Crippen LogP contribution in [0, 0.1) is 0 Å². The van der Waals surface area contributed by atoms with E-state index in [4.69, 9.17) is 4.74 Å². The molecule has 0 spiro atoms. The molecule has 1 fully saturated rings. The van der Waals surface area contributed by atoms with Crippen molar-refractivity contribution in [2.45, 2.75) is 19.4 Å². The standard InChI is InChI=1S/C19H22N2O2S/c22-19(13-15-3-4-18-16(12-15)5-10-23-18)21-8-6-20(7-9-21)14-17-2-1-11-24-17/h1-4,11-12H,5-10,13-14H2. The minimum Gasteiger partial charge on any atom is -0.493 e. The fourth-order valence-corrected chi connectivity index (χ4v) is 4.16. The monoisotopic (exact) mass is 342 g/mol. The Balaban J connectivity index is 1.30. The number of benzene rings is 1. The first-order valence-electron chi connectivity index (χ1n) is 8.55. The lowest BCUT2D eigenvalue weighted by atomic mass is 10.1. The molecule has 4 nitrogen and oxygen atoms in total. The number of nitrogens with zero attached hydrogens (tertiary/aromatic N) is 2. The molecule has 24 heavy (non-hydrogen) atoms. The second-order valence-corrected chi connectivity index (χ2v) is 7.49. The third-order valence-corrected chi connectivity index (χ3v) is 5.65. The molecule has 2 aliphatic rings. The van der Waals surface area contributed by atoms with Gasteiger partial charge in [0.2, 0.25) is 5.91 Å². The maximum Gasteiger partial charge on any atom is 0.227 e. The maximum absolute atomic E-state index is 12.6. The van der Waals surface area contributed by atoms with E-state index in [1.165, 1.54) is 10.4 Å². The summed E-state index contributed by atoms with van der Waals surface area (Å²) in [6.45, 7) is 5.35. The van der Waals surface area contributed by atoms with Crippen molar-refractivity contribution in [1.82, 2.24) is 9.80 Å². The molecule has 0 aliphatic carbocycles. The van der Waals surface area contributed by atoms with E-state index in [1.807, 2.05) is 17.0 Å². The Bertz CT molecular complexity index is 706. The molecular weight excluding hydrogens is 320 g/mol. The zero-order valence-corrected chi connectivity index (χ0v) is 14.6.